The fourth-order valence-electron chi connectivity index (χ4n) is 3.18. The maximum atomic E-state index is 5.88. The SMILES string of the molecule is CCCCCCCCCCCCN1c2ccccc2SC1SN. The van der Waals surface area contributed by atoms with Crippen molar-refractivity contribution in [1.82, 2.24) is 0 Å². The minimum absolute atomic E-state index is 0.353. The van der Waals surface area contributed by atoms with E-state index in [9.17, 15) is 0 Å². The smallest absolute Gasteiger partial charge is 0.140 e. The van der Waals surface area contributed by atoms with Crippen molar-refractivity contribution in [1.29, 1.82) is 0 Å². The third-order valence-corrected chi connectivity index (χ3v) is 6.69. The van der Waals surface area contributed by atoms with Crippen molar-refractivity contribution in [2.24, 2.45) is 5.14 Å². The normalized spacial score (nSPS) is 16.8. The third-order valence-electron chi connectivity index (χ3n) is 4.53. The molecule has 1 aromatic carbocycles. The number of anilines is 1. The number of nitrogens with zero attached hydrogens (tertiary/aromatic N) is 1. The fraction of sp³-hybridized carbons (Fsp3) is 0.684. The number of hydrogen-bond acceptors (Lipinski definition) is 4. The zero-order valence-corrected chi connectivity index (χ0v) is 16.1. The molecule has 0 radical (unpaired) electrons. The van der Waals surface area contributed by atoms with E-state index < -0.39 is 0 Å². The van der Waals surface area contributed by atoms with Gasteiger partial charge in [0.15, 0.2) is 0 Å². The topological polar surface area (TPSA) is 29.3 Å². The molecule has 2 N–H and O–H groups in total. The Morgan fingerprint density at radius 1 is 0.957 bits per heavy atom. The summed E-state index contributed by atoms with van der Waals surface area (Å²) in [6.45, 7) is 3.42. The van der Waals surface area contributed by atoms with Crippen molar-refractivity contribution in [3.63, 3.8) is 0 Å². The van der Waals surface area contributed by atoms with Gasteiger partial charge in [0, 0.05) is 11.4 Å². The van der Waals surface area contributed by atoms with Crippen LogP contribution in [0.1, 0.15) is 71.1 Å². The molecule has 0 amide bonds. The van der Waals surface area contributed by atoms with Gasteiger partial charge in [-0.15, -0.1) is 0 Å². The first-order valence-electron chi connectivity index (χ1n) is 9.24. The van der Waals surface area contributed by atoms with E-state index in [2.05, 4.69) is 36.1 Å². The highest BCUT2D eigenvalue weighted by Crippen LogP contribution is 2.46. The number of rotatable bonds is 12. The number of fused-ring (bicyclic) bond motifs is 1. The summed E-state index contributed by atoms with van der Waals surface area (Å²) in [5.41, 5.74) is 1.37. The lowest BCUT2D eigenvalue weighted by molar-refractivity contribution is 0.555. The Balaban J connectivity index is 1.57. The minimum Gasteiger partial charge on any atom is -0.349 e. The van der Waals surface area contributed by atoms with Crippen LogP contribution in [0.15, 0.2) is 29.2 Å². The molecule has 2 rings (SSSR count). The van der Waals surface area contributed by atoms with Crippen molar-refractivity contribution in [2.45, 2.75) is 80.7 Å². The highest BCUT2D eigenvalue weighted by molar-refractivity contribution is 8.16. The molecular formula is C19H32N2S2. The van der Waals surface area contributed by atoms with Crippen molar-refractivity contribution in [3.05, 3.63) is 24.3 Å². The lowest BCUT2D eigenvalue weighted by Gasteiger charge is -2.24. The highest BCUT2D eigenvalue weighted by atomic mass is 32.2. The van der Waals surface area contributed by atoms with Gasteiger partial charge in [-0.2, -0.15) is 0 Å². The van der Waals surface area contributed by atoms with Gasteiger partial charge >= 0.3 is 0 Å². The molecule has 4 heteroatoms. The van der Waals surface area contributed by atoms with Crippen LogP contribution in [0.5, 0.6) is 0 Å². The van der Waals surface area contributed by atoms with Crippen LogP contribution in [0, 0.1) is 0 Å². The molecule has 1 aliphatic heterocycles. The Kier molecular flexibility index (Phi) is 9.32. The largest absolute Gasteiger partial charge is 0.349 e. The highest BCUT2D eigenvalue weighted by Gasteiger charge is 2.28. The average Bonchev–Trinajstić information content (AvgIpc) is 2.94. The van der Waals surface area contributed by atoms with Gasteiger partial charge in [0.05, 0.1) is 5.69 Å². The number of thioether (sulfide) groups is 1. The molecule has 0 spiro atoms. The molecule has 130 valence electrons. The van der Waals surface area contributed by atoms with Gasteiger partial charge in [-0.05, 0) is 30.5 Å². The lowest BCUT2D eigenvalue weighted by Crippen LogP contribution is -2.29. The number of hydrogen-bond donors (Lipinski definition) is 1. The summed E-state index contributed by atoms with van der Waals surface area (Å²) < 4.78 is 0.353. The fourth-order valence-corrected chi connectivity index (χ4v) is 5.10. The predicted molar refractivity (Wildman–Crippen MR) is 107 cm³/mol. The van der Waals surface area contributed by atoms with Gasteiger partial charge in [-0.1, -0.05) is 88.6 Å². The monoisotopic (exact) mass is 352 g/mol. The van der Waals surface area contributed by atoms with Gasteiger partial charge in [0.25, 0.3) is 0 Å². The summed E-state index contributed by atoms with van der Waals surface area (Å²) in [5.74, 6) is 0. The van der Waals surface area contributed by atoms with Crippen molar-refractivity contribution < 1.29 is 0 Å². The van der Waals surface area contributed by atoms with E-state index >= 15 is 0 Å². The van der Waals surface area contributed by atoms with Crippen molar-refractivity contribution in [2.75, 3.05) is 11.4 Å². The van der Waals surface area contributed by atoms with E-state index in [-0.39, 0.29) is 0 Å². The van der Waals surface area contributed by atoms with E-state index in [0.717, 1.165) is 6.54 Å². The summed E-state index contributed by atoms with van der Waals surface area (Å²) in [6.07, 6.45) is 13.9. The third kappa shape index (κ3) is 6.24. The number of unbranched alkanes of at least 4 members (excludes halogenated alkanes) is 9. The number of para-hydroxylation sites is 1. The van der Waals surface area contributed by atoms with E-state index in [1.165, 1.54) is 86.7 Å². The molecular weight excluding hydrogens is 320 g/mol. The summed E-state index contributed by atoms with van der Waals surface area (Å²) >= 11 is 3.36. The zero-order valence-electron chi connectivity index (χ0n) is 14.5. The second-order valence-corrected chi connectivity index (χ2v) is 8.54. The quantitative estimate of drug-likeness (QED) is 0.347. The van der Waals surface area contributed by atoms with Crippen LogP contribution in [0.2, 0.25) is 0 Å². The molecule has 0 aliphatic carbocycles. The molecule has 0 bridgehead atoms. The molecule has 0 fully saturated rings. The molecule has 1 atom stereocenters. The first-order valence-corrected chi connectivity index (χ1v) is 11.1. The molecule has 23 heavy (non-hydrogen) atoms. The Bertz CT molecular complexity index is 439. The van der Waals surface area contributed by atoms with E-state index in [1.807, 2.05) is 11.8 Å². The van der Waals surface area contributed by atoms with Crippen LogP contribution in [0.3, 0.4) is 0 Å². The first kappa shape index (κ1) is 19.0. The number of benzene rings is 1. The molecule has 2 nitrogen and oxygen atoms in total. The Hall–Kier alpha value is -0.320. The van der Waals surface area contributed by atoms with Gasteiger partial charge in [0.1, 0.15) is 4.71 Å². The van der Waals surface area contributed by atoms with Crippen molar-refractivity contribution >= 4 is 29.4 Å². The Morgan fingerprint density at radius 3 is 2.22 bits per heavy atom. The van der Waals surface area contributed by atoms with Gasteiger partial charge in [0.2, 0.25) is 0 Å². The molecule has 1 aliphatic rings. The van der Waals surface area contributed by atoms with E-state index in [4.69, 9.17) is 5.14 Å². The first-order chi connectivity index (χ1) is 11.4. The second-order valence-electron chi connectivity index (χ2n) is 6.40. The number of nitrogens with two attached hydrogens (primary N) is 1. The van der Waals surface area contributed by atoms with Crippen LogP contribution in [0.4, 0.5) is 5.69 Å². The van der Waals surface area contributed by atoms with Gasteiger partial charge < -0.3 is 4.90 Å². The van der Waals surface area contributed by atoms with Crippen LogP contribution in [-0.2, 0) is 0 Å². The molecule has 1 aromatic rings. The summed E-state index contributed by atoms with van der Waals surface area (Å²) in [5, 5.41) is 5.88. The molecule has 1 unspecified atom stereocenters. The van der Waals surface area contributed by atoms with Crippen molar-refractivity contribution in [3.8, 4) is 0 Å². The van der Waals surface area contributed by atoms with Crippen LogP contribution >= 0.6 is 23.7 Å². The molecule has 0 saturated carbocycles. The van der Waals surface area contributed by atoms with Crippen LogP contribution < -0.4 is 10.0 Å². The molecule has 0 saturated heterocycles. The average molecular weight is 353 g/mol. The van der Waals surface area contributed by atoms with Crippen LogP contribution in [0.25, 0.3) is 0 Å². The Labute approximate surface area is 151 Å². The molecule has 0 aromatic heterocycles. The summed E-state index contributed by atoms with van der Waals surface area (Å²) in [4.78, 5) is 3.86. The maximum Gasteiger partial charge on any atom is 0.140 e. The summed E-state index contributed by atoms with van der Waals surface area (Å²) in [6, 6.07) is 8.69. The molecule has 1 heterocycles. The van der Waals surface area contributed by atoms with Crippen LogP contribution in [-0.4, -0.2) is 11.3 Å². The maximum absolute atomic E-state index is 5.88. The predicted octanol–water partition coefficient (Wildman–Crippen LogP) is 6.41. The second kappa shape index (κ2) is 11.3. The van der Waals surface area contributed by atoms with E-state index in [1.54, 1.807) is 0 Å². The Morgan fingerprint density at radius 2 is 1.57 bits per heavy atom. The van der Waals surface area contributed by atoms with Gasteiger partial charge in [-0.25, -0.2) is 0 Å². The standard InChI is InChI=1S/C19H32N2S2/c1-2-3-4-5-6-7-8-9-10-13-16-21-17-14-11-12-15-18(17)22-19(21)23-20/h11-12,14-15,19H,2-10,13,16,20H2,1H3. The minimum atomic E-state index is 0.353. The van der Waals surface area contributed by atoms with E-state index in [0.29, 0.717) is 4.71 Å². The zero-order chi connectivity index (χ0) is 16.3. The summed E-state index contributed by atoms with van der Waals surface area (Å²) in [7, 11) is 0. The lowest BCUT2D eigenvalue weighted by atomic mass is 10.1. The van der Waals surface area contributed by atoms with Gasteiger partial charge in [-0.3, -0.25) is 5.14 Å².